The Kier molecular flexibility index (Phi) is 4.26. The molecule has 0 aliphatic heterocycles. The maximum absolute atomic E-state index is 6.50. The van der Waals surface area contributed by atoms with Gasteiger partial charge in [-0.05, 0) is 37.0 Å². The molecule has 1 aromatic rings. The maximum atomic E-state index is 6.50. The lowest BCUT2D eigenvalue weighted by atomic mass is 9.78. The summed E-state index contributed by atoms with van der Waals surface area (Å²) in [6.45, 7) is 2.17. The van der Waals surface area contributed by atoms with E-state index in [2.05, 4.69) is 47.1 Å². The summed E-state index contributed by atoms with van der Waals surface area (Å²) >= 11 is 3.47. The van der Waals surface area contributed by atoms with Crippen LogP contribution in [-0.2, 0) is 5.54 Å². The van der Waals surface area contributed by atoms with Crippen molar-refractivity contribution in [3.8, 4) is 0 Å². The van der Waals surface area contributed by atoms with Gasteiger partial charge in [0.25, 0.3) is 0 Å². The fourth-order valence-corrected chi connectivity index (χ4v) is 3.20. The molecule has 0 saturated heterocycles. The molecule has 0 aromatic heterocycles. The van der Waals surface area contributed by atoms with Crippen LogP contribution in [0.15, 0.2) is 28.7 Å². The smallest absolute Gasteiger partial charge is 0.0383 e. The molecule has 1 nitrogen and oxygen atoms in total. The van der Waals surface area contributed by atoms with Crippen molar-refractivity contribution >= 4 is 15.9 Å². The van der Waals surface area contributed by atoms with Gasteiger partial charge in [-0.1, -0.05) is 60.2 Å². The van der Waals surface area contributed by atoms with Crippen LogP contribution in [0.2, 0.25) is 0 Å². The Bertz CT molecular complexity index is 350. The average Bonchev–Trinajstić information content (AvgIpc) is 2.30. The van der Waals surface area contributed by atoms with Gasteiger partial charge in [0, 0.05) is 10.0 Å². The van der Waals surface area contributed by atoms with E-state index in [1.807, 2.05) is 0 Å². The summed E-state index contributed by atoms with van der Waals surface area (Å²) < 4.78 is 1.12. The number of benzene rings is 1. The van der Waals surface area contributed by atoms with Gasteiger partial charge in [0.15, 0.2) is 0 Å². The summed E-state index contributed by atoms with van der Waals surface area (Å²) in [5, 5.41) is 0. The van der Waals surface area contributed by atoms with E-state index in [0.29, 0.717) is 0 Å². The fraction of sp³-hybridized carbons (Fsp3) is 0.600. The Hall–Kier alpha value is -0.340. The monoisotopic (exact) mass is 295 g/mol. The molecule has 2 rings (SSSR count). The molecule has 1 fully saturated rings. The third kappa shape index (κ3) is 3.56. The molecule has 2 N–H and O–H groups in total. The molecule has 0 amide bonds. The van der Waals surface area contributed by atoms with Gasteiger partial charge in [0.2, 0.25) is 0 Å². The summed E-state index contributed by atoms with van der Waals surface area (Å²) in [7, 11) is 0. The van der Waals surface area contributed by atoms with E-state index < -0.39 is 0 Å². The highest BCUT2D eigenvalue weighted by molar-refractivity contribution is 9.10. The first-order valence-corrected chi connectivity index (χ1v) is 7.42. The summed E-state index contributed by atoms with van der Waals surface area (Å²) in [4.78, 5) is 0. The quantitative estimate of drug-likeness (QED) is 0.867. The minimum absolute atomic E-state index is 0.178. The fourth-order valence-electron chi connectivity index (χ4n) is 2.94. The van der Waals surface area contributed by atoms with Gasteiger partial charge in [-0.25, -0.2) is 0 Å². The molecule has 17 heavy (non-hydrogen) atoms. The maximum Gasteiger partial charge on any atom is 0.0383 e. The first kappa shape index (κ1) is 13.1. The minimum atomic E-state index is -0.178. The highest BCUT2D eigenvalue weighted by Crippen LogP contribution is 2.34. The van der Waals surface area contributed by atoms with Crippen LogP contribution in [0.5, 0.6) is 0 Å². The zero-order valence-corrected chi connectivity index (χ0v) is 12.2. The second kappa shape index (κ2) is 5.53. The van der Waals surface area contributed by atoms with E-state index in [-0.39, 0.29) is 5.54 Å². The number of hydrogen-bond acceptors (Lipinski definition) is 1. The van der Waals surface area contributed by atoms with Crippen LogP contribution in [-0.4, -0.2) is 0 Å². The SMILES string of the molecule is CC(N)(CC1CCCCC1)c1ccc(Br)cc1. The van der Waals surface area contributed by atoms with Gasteiger partial charge >= 0.3 is 0 Å². The van der Waals surface area contributed by atoms with Crippen LogP contribution in [0.3, 0.4) is 0 Å². The van der Waals surface area contributed by atoms with Gasteiger partial charge < -0.3 is 5.73 Å². The Morgan fingerprint density at radius 1 is 1.18 bits per heavy atom. The molecule has 0 spiro atoms. The molecular weight excluding hydrogens is 274 g/mol. The molecule has 1 aliphatic rings. The van der Waals surface area contributed by atoms with Crippen LogP contribution < -0.4 is 5.73 Å². The highest BCUT2D eigenvalue weighted by atomic mass is 79.9. The van der Waals surface area contributed by atoms with E-state index in [4.69, 9.17) is 5.73 Å². The molecular formula is C15H22BrN. The van der Waals surface area contributed by atoms with Crippen molar-refractivity contribution in [2.75, 3.05) is 0 Å². The van der Waals surface area contributed by atoms with Gasteiger partial charge in [-0.2, -0.15) is 0 Å². The standard InChI is InChI=1S/C15H22BrN/c1-15(17,11-12-5-3-2-4-6-12)13-7-9-14(16)10-8-13/h7-10,12H,2-6,11,17H2,1H3. The molecule has 94 valence electrons. The van der Waals surface area contributed by atoms with Crippen molar-refractivity contribution in [3.63, 3.8) is 0 Å². The largest absolute Gasteiger partial charge is 0.322 e. The lowest BCUT2D eigenvalue weighted by Crippen LogP contribution is -2.35. The van der Waals surface area contributed by atoms with Crippen molar-refractivity contribution in [2.45, 2.75) is 51.0 Å². The van der Waals surface area contributed by atoms with Crippen molar-refractivity contribution in [1.29, 1.82) is 0 Å². The minimum Gasteiger partial charge on any atom is -0.322 e. The van der Waals surface area contributed by atoms with Crippen molar-refractivity contribution in [2.24, 2.45) is 11.7 Å². The average molecular weight is 296 g/mol. The lowest BCUT2D eigenvalue weighted by molar-refractivity contribution is 0.272. The van der Waals surface area contributed by atoms with E-state index in [1.165, 1.54) is 37.7 Å². The van der Waals surface area contributed by atoms with Gasteiger partial charge in [-0.15, -0.1) is 0 Å². The summed E-state index contributed by atoms with van der Waals surface area (Å²) in [5.41, 5.74) is 7.58. The number of halogens is 1. The van der Waals surface area contributed by atoms with Crippen molar-refractivity contribution < 1.29 is 0 Å². The molecule has 1 aliphatic carbocycles. The first-order chi connectivity index (χ1) is 8.08. The van der Waals surface area contributed by atoms with E-state index >= 15 is 0 Å². The third-order valence-electron chi connectivity index (χ3n) is 3.94. The number of nitrogens with two attached hydrogens (primary N) is 1. The predicted octanol–water partition coefficient (Wildman–Crippen LogP) is 4.59. The van der Waals surface area contributed by atoms with Crippen LogP contribution in [0, 0.1) is 5.92 Å². The molecule has 1 saturated carbocycles. The topological polar surface area (TPSA) is 26.0 Å². The first-order valence-electron chi connectivity index (χ1n) is 6.63. The Morgan fingerprint density at radius 2 is 1.76 bits per heavy atom. The van der Waals surface area contributed by atoms with Crippen molar-refractivity contribution in [3.05, 3.63) is 34.3 Å². The molecule has 1 atom stereocenters. The van der Waals surface area contributed by atoms with Gasteiger partial charge in [-0.3, -0.25) is 0 Å². The van der Waals surface area contributed by atoms with Gasteiger partial charge in [0.1, 0.15) is 0 Å². The summed E-state index contributed by atoms with van der Waals surface area (Å²) in [6.07, 6.45) is 8.04. The Balaban J connectivity index is 2.04. The molecule has 1 aromatic carbocycles. The van der Waals surface area contributed by atoms with E-state index in [0.717, 1.165) is 16.8 Å². The molecule has 0 bridgehead atoms. The zero-order chi connectivity index (χ0) is 12.3. The van der Waals surface area contributed by atoms with Crippen LogP contribution >= 0.6 is 15.9 Å². The molecule has 0 radical (unpaired) electrons. The molecule has 0 heterocycles. The molecule has 2 heteroatoms. The van der Waals surface area contributed by atoms with Crippen LogP contribution in [0.4, 0.5) is 0 Å². The second-order valence-electron chi connectivity index (χ2n) is 5.63. The van der Waals surface area contributed by atoms with Crippen LogP contribution in [0.25, 0.3) is 0 Å². The Morgan fingerprint density at radius 3 is 2.35 bits per heavy atom. The summed E-state index contributed by atoms with van der Waals surface area (Å²) in [5.74, 6) is 0.822. The Labute approximate surface area is 113 Å². The normalized spacial score (nSPS) is 21.1. The molecule has 1 unspecified atom stereocenters. The third-order valence-corrected chi connectivity index (χ3v) is 4.47. The summed E-state index contributed by atoms with van der Waals surface area (Å²) in [6, 6.07) is 8.46. The van der Waals surface area contributed by atoms with Crippen molar-refractivity contribution in [1.82, 2.24) is 0 Å². The predicted molar refractivity (Wildman–Crippen MR) is 76.9 cm³/mol. The van der Waals surface area contributed by atoms with E-state index in [9.17, 15) is 0 Å². The van der Waals surface area contributed by atoms with Gasteiger partial charge in [0.05, 0.1) is 0 Å². The zero-order valence-electron chi connectivity index (χ0n) is 10.6. The second-order valence-corrected chi connectivity index (χ2v) is 6.55. The number of hydrogen-bond donors (Lipinski definition) is 1. The lowest BCUT2D eigenvalue weighted by Gasteiger charge is -2.32. The highest BCUT2D eigenvalue weighted by Gasteiger charge is 2.26. The van der Waals surface area contributed by atoms with Crippen LogP contribution in [0.1, 0.15) is 51.0 Å². The van der Waals surface area contributed by atoms with E-state index in [1.54, 1.807) is 0 Å². The number of rotatable bonds is 3.